The number of piperazine rings is 1. The first kappa shape index (κ1) is 20.7. The van der Waals surface area contributed by atoms with E-state index in [0.717, 1.165) is 0 Å². The van der Waals surface area contributed by atoms with Crippen LogP contribution in [0.5, 0.6) is 0 Å². The van der Waals surface area contributed by atoms with Gasteiger partial charge in [-0.3, -0.25) is 9.69 Å². The zero-order valence-corrected chi connectivity index (χ0v) is 13.7. The molecular weight excluding hydrogens is 350 g/mol. The molecular formula is C15H20ClF4N3O. The van der Waals surface area contributed by atoms with Gasteiger partial charge in [0.05, 0.1) is 6.42 Å². The maximum absolute atomic E-state index is 13.2. The highest BCUT2D eigenvalue weighted by atomic mass is 35.5. The number of hydrogen-bond donors (Lipinski definition) is 2. The van der Waals surface area contributed by atoms with Gasteiger partial charge < -0.3 is 10.6 Å². The third-order valence-electron chi connectivity index (χ3n) is 3.74. The van der Waals surface area contributed by atoms with Crippen LogP contribution in [0.15, 0.2) is 24.3 Å². The second-order valence-electron chi connectivity index (χ2n) is 5.45. The van der Waals surface area contributed by atoms with Crippen molar-refractivity contribution in [3.8, 4) is 0 Å². The number of nitrogens with zero attached hydrogens (tertiary/aromatic N) is 1. The molecule has 1 fully saturated rings. The van der Waals surface area contributed by atoms with Crippen molar-refractivity contribution in [2.24, 2.45) is 0 Å². The van der Waals surface area contributed by atoms with E-state index in [-0.39, 0.29) is 31.9 Å². The van der Waals surface area contributed by atoms with Crippen LogP contribution in [0.3, 0.4) is 0 Å². The highest BCUT2D eigenvalue weighted by Gasteiger charge is 2.43. The van der Waals surface area contributed by atoms with Crippen LogP contribution in [0.4, 0.5) is 17.6 Å². The molecule has 0 saturated carbocycles. The summed E-state index contributed by atoms with van der Waals surface area (Å²) in [5.74, 6) is -0.939. The average molecular weight is 370 g/mol. The SMILES string of the molecule is Cl.O=C(Cc1ccc(F)cc1)NCC(N1CCNCC1)C(F)(F)F. The average Bonchev–Trinajstić information content (AvgIpc) is 2.49. The first-order chi connectivity index (χ1) is 10.9. The Hall–Kier alpha value is -1.38. The molecule has 136 valence electrons. The summed E-state index contributed by atoms with van der Waals surface area (Å²) < 4.78 is 52.3. The smallest absolute Gasteiger partial charge is 0.354 e. The fourth-order valence-electron chi connectivity index (χ4n) is 2.51. The molecule has 0 aliphatic carbocycles. The van der Waals surface area contributed by atoms with Gasteiger partial charge >= 0.3 is 6.18 Å². The molecule has 24 heavy (non-hydrogen) atoms. The lowest BCUT2D eigenvalue weighted by Gasteiger charge is -2.35. The summed E-state index contributed by atoms with van der Waals surface area (Å²) in [6.07, 6.45) is -4.48. The molecule has 1 unspecified atom stereocenters. The van der Waals surface area contributed by atoms with Gasteiger partial charge in [0.2, 0.25) is 5.91 Å². The van der Waals surface area contributed by atoms with E-state index in [1.165, 1.54) is 29.2 Å². The number of carbonyl (C=O) groups excluding carboxylic acids is 1. The molecule has 9 heteroatoms. The molecule has 1 atom stereocenters. The van der Waals surface area contributed by atoms with E-state index in [0.29, 0.717) is 18.7 Å². The van der Waals surface area contributed by atoms with E-state index in [1.54, 1.807) is 0 Å². The molecule has 0 bridgehead atoms. The van der Waals surface area contributed by atoms with Gasteiger partial charge in [-0.15, -0.1) is 12.4 Å². The van der Waals surface area contributed by atoms with E-state index in [1.807, 2.05) is 0 Å². The number of alkyl halides is 3. The van der Waals surface area contributed by atoms with E-state index in [9.17, 15) is 22.4 Å². The molecule has 0 radical (unpaired) electrons. The van der Waals surface area contributed by atoms with E-state index in [2.05, 4.69) is 10.6 Å². The molecule has 2 N–H and O–H groups in total. The van der Waals surface area contributed by atoms with Gasteiger partial charge in [-0.1, -0.05) is 12.1 Å². The highest BCUT2D eigenvalue weighted by Crippen LogP contribution is 2.24. The number of amides is 1. The van der Waals surface area contributed by atoms with Crippen LogP contribution >= 0.6 is 12.4 Å². The van der Waals surface area contributed by atoms with Crippen molar-refractivity contribution in [2.45, 2.75) is 18.6 Å². The lowest BCUT2D eigenvalue weighted by molar-refractivity contribution is -0.184. The minimum absolute atomic E-state index is 0. The summed E-state index contributed by atoms with van der Waals surface area (Å²) in [6, 6.07) is 3.60. The molecule has 1 saturated heterocycles. The number of nitrogens with one attached hydrogen (secondary N) is 2. The standard InChI is InChI=1S/C15H19F4N3O.ClH/c16-12-3-1-11(2-4-12)9-14(23)21-10-13(15(17,18)19)22-7-5-20-6-8-22;/h1-4,13,20H,5-10H2,(H,21,23);1H. The van der Waals surface area contributed by atoms with Crippen molar-refractivity contribution >= 4 is 18.3 Å². The van der Waals surface area contributed by atoms with Crippen molar-refractivity contribution in [1.82, 2.24) is 15.5 Å². The Morgan fingerprint density at radius 1 is 1.21 bits per heavy atom. The molecule has 1 aromatic rings. The van der Waals surface area contributed by atoms with Crippen molar-refractivity contribution in [3.63, 3.8) is 0 Å². The Morgan fingerprint density at radius 2 is 1.79 bits per heavy atom. The fraction of sp³-hybridized carbons (Fsp3) is 0.533. The first-order valence-electron chi connectivity index (χ1n) is 7.39. The number of carbonyl (C=O) groups is 1. The molecule has 1 aromatic carbocycles. The van der Waals surface area contributed by atoms with Gasteiger partial charge in [0.15, 0.2) is 0 Å². The van der Waals surface area contributed by atoms with Crippen LogP contribution in [0.1, 0.15) is 5.56 Å². The fourth-order valence-corrected chi connectivity index (χ4v) is 2.51. The number of hydrogen-bond acceptors (Lipinski definition) is 3. The van der Waals surface area contributed by atoms with Crippen LogP contribution in [0.2, 0.25) is 0 Å². The maximum atomic E-state index is 13.2. The molecule has 0 spiro atoms. The maximum Gasteiger partial charge on any atom is 0.405 e. The molecule has 1 aliphatic heterocycles. The predicted octanol–water partition coefficient (Wildman–Crippen LogP) is 1.74. The number of benzene rings is 1. The summed E-state index contributed by atoms with van der Waals surface area (Å²) in [5, 5.41) is 5.33. The molecule has 1 aliphatic rings. The van der Waals surface area contributed by atoms with Crippen LogP contribution in [-0.2, 0) is 11.2 Å². The topological polar surface area (TPSA) is 44.4 Å². The van der Waals surface area contributed by atoms with Crippen molar-refractivity contribution < 1.29 is 22.4 Å². The largest absolute Gasteiger partial charge is 0.405 e. The quantitative estimate of drug-likeness (QED) is 0.777. The monoisotopic (exact) mass is 369 g/mol. The Balaban J connectivity index is 0.00000288. The molecule has 4 nitrogen and oxygen atoms in total. The second-order valence-corrected chi connectivity index (χ2v) is 5.45. The molecule has 2 rings (SSSR count). The zero-order valence-electron chi connectivity index (χ0n) is 12.9. The Morgan fingerprint density at radius 3 is 2.33 bits per heavy atom. The van der Waals surface area contributed by atoms with Gasteiger partial charge in [0, 0.05) is 32.7 Å². The third kappa shape index (κ3) is 6.26. The zero-order chi connectivity index (χ0) is 16.9. The lowest BCUT2D eigenvalue weighted by atomic mass is 10.1. The summed E-state index contributed by atoms with van der Waals surface area (Å²) in [7, 11) is 0. The lowest BCUT2D eigenvalue weighted by Crippen LogP contribution is -2.57. The molecule has 0 aromatic heterocycles. The second kappa shape index (κ2) is 9.19. The summed E-state index contributed by atoms with van der Waals surface area (Å²) in [5.41, 5.74) is 0.551. The third-order valence-corrected chi connectivity index (χ3v) is 3.74. The number of halogens is 5. The Bertz CT molecular complexity index is 518. The summed E-state index contributed by atoms with van der Waals surface area (Å²) >= 11 is 0. The molecule has 1 amide bonds. The van der Waals surface area contributed by atoms with Crippen LogP contribution in [-0.4, -0.2) is 55.7 Å². The van der Waals surface area contributed by atoms with Crippen LogP contribution < -0.4 is 10.6 Å². The van der Waals surface area contributed by atoms with Crippen molar-refractivity contribution in [1.29, 1.82) is 0 Å². The highest BCUT2D eigenvalue weighted by molar-refractivity contribution is 5.85. The number of rotatable bonds is 5. The summed E-state index contributed by atoms with van der Waals surface area (Å²) in [4.78, 5) is 13.1. The van der Waals surface area contributed by atoms with Gasteiger partial charge in [0.1, 0.15) is 11.9 Å². The Kier molecular flexibility index (Phi) is 7.92. The normalized spacial score (nSPS) is 17.0. The van der Waals surface area contributed by atoms with Gasteiger partial charge in [-0.25, -0.2) is 4.39 Å². The Labute approximate surface area is 144 Å². The van der Waals surface area contributed by atoms with Crippen LogP contribution in [0.25, 0.3) is 0 Å². The van der Waals surface area contributed by atoms with Crippen molar-refractivity contribution in [3.05, 3.63) is 35.6 Å². The van der Waals surface area contributed by atoms with E-state index >= 15 is 0 Å². The molecule has 1 heterocycles. The van der Waals surface area contributed by atoms with Gasteiger partial charge in [-0.05, 0) is 17.7 Å². The van der Waals surface area contributed by atoms with Crippen LogP contribution in [0, 0.1) is 5.82 Å². The van der Waals surface area contributed by atoms with E-state index in [4.69, 9.17) is 0 Å². The predicted molar refractivity (Wildman–Crippen MR) is 84.6 cm³/mol. The minimum Gasteiger partial charge on any atom is -0.354 e. The summed E-state index contributed by atoms with van der Waals surface area (Å²) in [6.45, 7) is 1.09. The first-order valence-corrected chi connectivity index (χ1v) is 7.39. The van der Waals surface area contributed by atoms with Crippen molar-refractivity contribution in [2.75, 3.05) is 32.7 Å². The van der Waals surface area contributed by atoms with E-state index < -0.39 is 30.5 Å². The van der Waals surface area contributed by atoms with Gasteiger partial charge in [0.25, 0.3) is 0 Å². The minimum atomic E-state index is -4.40. The van der Waals surface area contributed by atoms with Gasteiger partial charge in [-0.2, -0.15) is 13.2 Å².